The van der Waals surface area contributed by atoms with E-state index in [0.717, 1.165) is 12.8 Å². The van der Waals surface area contributed by atoms with Gasteiger partial charge in [-0.05, 0) is 113 Å². The van der Waals surface area contributed by atoms with Gasteiger partial charge < -0.3 is 0 Å². The van der Waals surface area contributed by atoms with Crippen molar-refractivity contribution in [3.63, 3.8) is 0 Å². The van der Waals surface area contributed by atoms with E-state index < -0.39 is 0 Å². The molecule has 0 nitrogen and oxygen atoms in total. The fourth-order valence-electron chi connectivity index (χ4n) is 5.22. The van der Waals surface area contributed by atoms with Crippen molar-refractivity contribution in [3.05, 3.63) is 113 Å². The van der Waals surface area contributed by atoms with Gasteiger partial charge in [-0.1, -0.05) is 78.9 Å². The van der Waals surface area contributed by atoms with Crippen LogP contribution in [0, 0.1) is 20.8 Å². The van der Waals surface area contributed by atoms with Crippen molar-refractivity contribution >= 4 is 16.3 Å². The van der Waals surface area contributed by atoms with E-state index in [1.807, 2.05) is 0 Å². The summed E-state index contributed by atoms with van der Waals surface area (Å²) in [5.41, 5.74) is 13.6. The first-order valence-corrected chi connectivity index (χ1v) is 11.6. The lowest BCUT2D eigenvalue weighted by atomic mass is 9.85. The molecule has 0 radical (unpaired) electrons. The Kier molecular flexibility index (Phi) is 5.31. The average Bonchev–Trinajstić information content (AvgIpc) is 2.81. The van der Waals surface area contributed by atoms with Gasteiger partial charge in [-0.15, -0.1) is 0 Å². The van der Waals surface area contributed by atoms with E-state index in [1.165, 1.54) is 66.4 Å². The lowest BCUT2D eigenvalue weighted by Gasteiger charge is -2.19. The van der Waals surface area contributed by atoms with Crippen LogP contribution in [0.4, 0.5) is 0 Å². The van der Waals surface area contributed by atoms with Crippen LogP contribution in [0.1, 0.15) is 42.0 Å². The van der Waals surface area contributed by atoms with E-state index in [0.29, 0.717) is 0 Å². The van der Waals surface area contributed by atoms with Gasteiger partial charge in [-0.25, -0.2) is 0 Å². The van der Waals surface area contributed by atoms with E-state index in [4.69, 9.17) is 0 Å². The molecule has 4 aromatic rings. The predicted molar refractivity (Wildman–Crippen MR) is 140 cm³/mol. The van der Waals surface area contributed by atoms with Crippen LogP contribution >= 0.6 is 0 Å². The van der Waals surface area contributed by atoms with Gasteiger partial charge in [-0.3, -0.25) is 0 Å². The fraction of sp³-hybridized carbons (Fsp3) is 0.188. The minimum atomic E-state index is 1.13. The molecule has 0 saturated carbocycles. The Bertz CT molecular complexity index is 1400. The molecular weight excluding hydrogens is 384 g/mol. The summed E-state index contributed by atoms with van der Waals surface area (Å²) in [5, 5.41) is 2.66. The third-order valence-electron chi connectivity index (χ3n) is 7.02. The molecule has 32 heavy (non-hydrogen) atoms. The topological polar surface area (TPSA) is 0 Å². The van der Waals surface area contributed by atoms with Crippen LogP contribution < -0.4 is 0 Å². The second-order valence-corrected chi connectivity index (χ2v) is 9.09. The molecule has 0 N–H and O–H groups in total. The van der Waals surface area contributed by atoms with Gasteiger partial charge in [0, 0.05) is 0 Å². The molecule has 1 aliphatic carbocycles. The normalized spacial score (nSPS) is 13.8. The van der Waals surface area contributed by atoms with Gasteiger partial charge in [0.15, 0.2) is 0 Å². The summed E-state index contributed by atoms with van der Waals surface area (Å²) in [7, 11) is 0. The molecule has 0 heterocycles. The minimum Gasteiger partial charge on any atom is -0.0839 e. The molecule has 4 aromatic carbocycles. The van der Waals surface area contributed by atoms with Gasteiger partial charge >= 0.3 is 0 Å². The molecule has 0 spiro atoms. The number of allylic oxidation sites excluding steroid dienone is 4. The Balaban J connectivity index is 1.73. The number of hydrogen-bond acceptors (Lipinski definition) is 0. The van der Waals surface area contributed by atoms with Gasteiger partial charge in [0.25, 0.3) is 0 Å². The van der Waals surface area contributed by atoms with Crippen LogP contribution in [0.5, 0.6) is 0 Å². The van der Waals surface area contributed by atoms with Gasteiger partial charge in [0.1, 0.15) is 0 Å². The quantitative estimate of drug-likeness (QED) is 0.313. The smallest absolute Gasteiger partial charge is 0.00989 e. The van der Waals surface area contributed by atoms with Crippen molar-refractivity contribution in [1.82, 2.24) is 0 Å². The molecular formula is C32H30. The zero-order chi connectivity index (χ0) is 22.2. The van der Waals surface area contributed by atoms with Crippen LogP contribution in [0.15, 0.2) is 90.5 Å². The van der Waals surface area contributed by atoms with Crippen molar-refractivity contribution in [2.75, 3.05) is 0 Å². The maximum Gasteiger partial charge on any atom is -0.00989 e. The number of fused-ring (bicyclic) bond motifs is 1. The van der Waals surface area contributed by atoms with Crippen molar-refractivity contribution in [1.29, 1.82) is 0 Å². The third kappa shape index (κ3) is 3.50. The van der Waals surface area contributed by atoms with Gasteiger partial charge in [-0.2, -0.15) is 0 Å². The molecule has 0 unspecified atom stereocenters. The Morgan fingerprint density at radius 3 is 2.09 bits per heavy atom. The molecule has 0 saturated heterocycles. The zero-order valence-corrected chi connectivity index (χ0v) is 19.5. The molecule has 5 rings (SSSR count). The first-order chi connectivity index (χ1) is 15.5. The Labute approximate surface area is 191 Å². The molecule has 0 bridgehead atoms. The number of rotatable bonds is 3. The largest absolute Gasteiger partial charge is 0.0839 e. The van der Waals surface area contributed by atoms with Crippen LogP contribution in [-0.2, 0) is 0 Å². The van der Waals surface area contributed by atoms with E-state index in [-0.39, 0.29) is 0 Å². The van der Waals surface area contributed by atoms with E-state index in [2.05, 4.69) is 113 Å². The predicted octanol–water partition coefficient (Wildman–Crippen LogP) is 9.22. The number of aryl methyl sites for hydroxylation is 3. The maximum absolute atomic E-state index is 2.41. The monoisotopic (exact) mass is 414 g/mol. The summed E-state index contributed by atoms with van der Waals surface area (Å²) in [5.74, 6) is 0. The summed E-state index contributed by atoms with van der Waals surface area (Å²) < 4.78 is 0. The fourth-order valence-corrected chi connectivity index (χ4v) is 5.22. The van der Waals surface area contributed by atoms with Gasteiger partial charge in [0.2, 0.25) is 0 Å². The van der Waals surface area contributed by atoms with E-state index in [1.54, 1.807) is 0 Å². The SMILES string of the molecule is CC1=C(c2ccc(-c3cc(-c4ccccc4C)c(C)c4ccccc34)cc2C)CCC=C1. The molecule has 0 amide bonds. The highest BCUT2D eigenvalue weighted by molar-refractivity contribution is 6.03. The lowest BCUT2D eigenvalue weighted by Crippen LogP contribution is -1.96. The van der Waals surface area contributed by atoms with Crippen molar-refractivity contribution < 1.29 is 0 Å². The number of hydrogen-bond donors (Lipinski definition) is 0. The lowest BCUT2D eigenvalue weighted by molar-refractivity contribution is 1.03. The highest BCUT2D eigenvalue weighted by Gasteiger charge is 2.15. The van der Waals surface area contributed by atoms with Crippen LogP contribution in [-0.4, -0.2) is 0 Å². The summed E-state index contributed by atoms with van der Waals surface area (Å²) >= 11 is 0. The average molecular weight is 415 g/mol. The number of benzene rings is 4. The Hall–Kier alpha value is -3.38. The minimum absolute atomic E-state index is 1.13. The Morgan fingerprint density at radius 2 is 1.34 bits per heavy atom. The van der Waals surface area contributed by atoms with Crippen molar-refractivity contribution in [2.45, 2.75) is 40.5 Å². The van der Waals surface area contributed by atoms with Crippen LogP contribution in [0.3, 0.4) is 0 Å². The summed E-state index contributed by atoms with van der Waals surface area (Å²) in [6.45, 7) is 8.96. The molecule has 0 fully saturated rings. The van der Waals surface area contributed by atoms with Crippen molar-refractivity contribution in [3.8, 4) is 22.3 Å². The molecule has 0 heteroatoms. The zero-order valence-electron chi connectivity index (χ0n) is 19.5. The third-order valence-corrected chi connectivity index (χ3v) is 7.02. The molecule has 0 atom stereocenters. The van der Waals surface area contributed by atoms with E-state index in [9.17, 15) is 0 Å². The second kappa shape index (κ2) is 8.28. The van der Waals surface area contributed by atoms with Crippen molar-refractivity contribution in [2.24, 2.45) is 0 Å². The summed E-state index contributed by atoms with van der Waals surface area (Å²) in [6, 6.07) is 27.0. The summed E-state index contributed by atoms with van der Waals surface area (Å²) in [4.78, 5) is 0. The van der Waals surface area contributed by atoms with Crippen LogP contribution in [0.25, 0.3) is 38.6 Å². The standard InChI is InChI=1S/C32H30/c1-21-11-5-7-13-26(21)28-18-17-25(19-23(28)3)32-20-31(27-14-8-6-12-22(27)2)24(4)29-15-9-10-16-30(29)32/h5-6,8-12,14-20H,7,13H2,1-4H3. The van der Waals surface area contributed by atoms with Gasteiger partial charge in [0.05, 0.1) is 0 Å². The first-order valence-electron chi connectivity index (χ1n) is 11.6. The first kappa shape index (κ1) is 20.5. The van der Waals surface area contributed by atoms with E-state index >= 15 is 0 Å². The molecule has 0 aromatic heterocycles. The highest BCUT2D eigenvalue weighted by atomic mass is 14.2. The second-order valence-electron chi connectivity index (χ2n) is 9.09. The maximum atomic E-state index is 2.41. The van der Waals surface area contributed by atoms with Crippen LogP contribution in [0.2, 0.25) is 0 Å². The highest BCUT2D eigenvalue weighted by Crippen LogP contribution is 2.40. The summed E-state index contributed by atoms with van der Waals surface area (Å²) in [6.07, 6.45) is 6.83. The molecule has 158 valence electrons. The molecule has 1 aliphatic rings. The molecule has 0 aliphatic heterocycles. The Morgan fingerprint density at radius 1 is 0.594 bits per heavy atom.